The number of aliphatic hydroxyl groups excluding tert-OH is 1. The lowest BCUT2D eigenvalue weighted by Gasteiger charge is -2.23. The average Bonchev–Trinajstić information content (AvgIpc) is 3.94. The van der Waals surface area contributed by atoms with Crippen molar-refractivity contribution in [2.45, 2.75) is 6.54 Å². The monoisotopic (exact) mass is 893 g/mol. The highest BCUT2D eigenvalue weighted by Gasteiger charge is 2.43. The van der Waals surface area contributed by atoms with Gasteiger partial charge in [0.1, 0.15) is 24.2 Å². The van der Waals surface area contributed by atoms with Crippen LogP contribution in [0, 0.1) is 0 Å². The molecule has 7 rings (SSSR count). The number of hydrazone groups is 2. The number of ether oxygens (including phenoxy) is 6. The highest BCUT2D eigenvalue weighted by atomic mass is 16.5. The molecule has 1 aliphatic heterocycles. The van der Waals surface area contributed by atoms with Crippen molar-refractivity contribution in [1.29, 1.82) is 0 Å². The molecule has 14 heteroatoms. The number of ketones is 1. The van der Waals surface area contributed by atoms with E-state index in [9.17, 15) is 9.90 Å². The molecule has 0 saturated heterocycles. The van der Waals surface area contributed by atoms with Crippen molar-refractivity contribution in [3.05, 3.63) is 174 Å². The van der Waals surface area contributed by atoms with Gasteiger partial charge in [-0.2, -0.15) is 14.8 Å². The standard InChI is InChI=1S/C52H56N6O8/c1-61-31-33-65-37-35-63-29-27-55-45(39-53-57(41-15-7-3-8-16-41)42-17-9-4-10-18-42)23-25-47(55)49-51(59)50(52(49)60)48-26-24-46(56(48)28-30-64-36-38-66-34-32-62-2)40-54-58(43-19-11-5-12-20-43)44-21-13-6-14-22-44/h3-26,39-40H,27-38H2,1-2H3/p+1. The Kier molecular flexibility index (Phi) is 17.9. The first kappa shape index (κ1) is 47.2. The van der Waals surface area contributed by atoms with Crippen LogP contribution in [0.25, 0.3) is 5.57 Å². The van der Waals surface area contributed by atoms with E-state index in [0.717, 1.165) is 34.2 Å². The Bertz CT molecular complexity index is 2420. The summed E-state index contributed by atoms with van der Waals surface area (Å²) in [7, 11) is 3.26. The summed E-state index contributed by atoms with van der Waals surface area (Å²) in [5.41, 5.74) is 6.47. The third-order valence-corrected chi connectivity index (χ3v) is 10.6. The lowest BCUT2D eigenvalue weighted by molar-refractivity contribution is -0.471. The minimum atomic E-state index is -0.288. The van der Waals surface area contributed by atoms with E-state index in [1.54, 1.807) is 26.6 Å². The van der Waals surface area contributed by atoms with E-state index in [1.165, 1.54) is 0 Å². The first-order valence-corrected chi connectivity index (χ1v) is 22.0. The lowest BCUT2D eigenvalue weighted by atomic mass is 9.84. The number of nitrogens with zero attached hydrogens (tertiary/aromatic N) is 6. The minimum Gasteiger partial charge on any atom is -0.506 e. The van der Waals surface area contributed by atoms with Crippen LogP contribution < -0.4 is 10.0 Å². The Hall–Kier alpha value is -6.78. The number of aromatic nitrogens is 1. The van der Waals surface area contributed by atoms with E-state index in [-0.39, 0.29) is 22.7 Å². The zero-order valence-corrected chi connectivity index (χ0v) is 37.5. The van der Waals surface area contributed by atoms with Crippen molar-refractivity contribution >= 4 is 52.2 Å². The van der Waals surface area contributed by atoms with Gasteiger partial charge in [0.05, 0.1) is 105 Å². The largest absolute Gasteiger partial charge is 0.506 e. The summed E-state index contributed by atoms with van der Waals surface area (Å²) in [6, 6.07) is 43.2. The van der Waals surface area contributed by atoms with Gasteiger partial charge in [-0.1, -0.05) is 72.8 Å². The molecule has 0 saturated carbocycles. The van der Waals surface area contributed by atoms with Gasteiger partial charge in [0.25, 0.3) is 0 Å². The van der Waals surface area contributed by atoms with Crippen LogP contribution in [-0.2, 0) is 39.8 Å². The molecular weight excluding hydrogens is 837 g/mol. The van der Waals surface area contributed by atoms with Crippen LogP contribution in [0.2, 0.25) is 0 Å². The van der Waals surface area contributed by atoms with Crippen LogP contribution in [0.4, 0.5) is 22.7 Å². The van der Waals surface area contributed by atoms with Gasteiger partial charge < -0.3 is 38.1 Å². The first-order valence-electron chi connectivity index (χ1n) is 22.0. The number of rotatable bonds is 27. The van der Waals surface area contributed by atoms with Gasteiger partial charge in [0, 0.05) is 32.9 Å². The Morgan fingerprint density at radius 1 is 0.545 bits per heavy atom. The maximum Gasteiger partial charge on any atom is 0.226 e. The number of hydrogen-bond donors (Lipinski definition) is 1. The lowest BCUT2D eigenvalue weighted by Crippen LogP contribution is -2.30. The minimum absolute atomic E-state index is 0.101. The molecule has 0 fully saturated rings. The molecule has 1 aliphatic carbocycles. The smallest absolute Gasteiger partial charge is 0.226 e. The molecule has 0 unspecified atom stereocenters. The zero-order valence-electron chi connectivity index (χ0n) is 37.5. The fourth-order valence-electron chi connectivity index (χ4n) is 7.32. The van der Waals surface area contributed by atoms with E-state index in [1.807, 2.05) is 165 Å². The maximum absolute atomic E-state index is 14.5. The number of hydrogen-bond acceptors (Lipinski definition) is 12. The quantitative estimate of drug-likeness (QED) is 0.0182. The van der Waals surface area contributed by atoms with Crippen molar-refractivity contribution in [2.75, 3.05) is 96.9 Å². The molecule has 66 heavy (non-hydrogen) atoms. The average molecular weight is 894 g/mol. The summed E-state index contributed by atoms with van der Waals surface area (Å²) in [4.78, 5) is 14.5. The van der Waals surface area contributed by atoms with Gasteiger partial charge in [-0.05, 0) is 60.7 Å². The van der Waals surface area contributed by atoms with E-state index in [4.69, 9.17) is 38.6 Å². The number of aliphatic hydroxyl groups is 1. The third kappa shape index (κ3) is 12.3. The van der Waals surface area contributed by atoms with Crippen LogP contribution in [0.1, 0.15) is 11.4 Å². The Balaban J connectivity index is 1.20. The van der Waals surface area contributed by atoms with Crippen molar-refractivity contribution in [3.8, 4) is 0 Å². The molecule has 0 amide bonds. The van der Waals surface area contributed by atoms with E-state index in [0.29, 0.717) is 90.5 Å². The zero-order chi connectivity index (χ0) is 45.8. The van der Waals surface area contributed by atoms with Crippen molar-refractivity contribution in [2.24, 2.45) is 10.2 Å². The third-order valence-electron chi connectivity index (χ3n) is 10.6. The molecular formula is C52H57N6O8+. The second kappa shape index (κ2) is 25.1. The highest BCUT2D eigenvalue weighted by molar-refractivity contribution is 6.39. The van der Waals surface area contributed by atoms with Gasteiger partial charge in [-0.15, -0.1) is 0 Å². The summed E-state index contributed by atoms with van der Waals surface area (Å²) in [5, 5.41) is 25.6. The van der Waals surface area contributed by atoms with Gasteiger partial charge in [-0.25, -0.2) is 10.0 Å². The van der Waals surface area contributed by atoms with Crippen LogP contribution in [0.15, 0.2) is 173 Å². The normalized spacial score (nSPS) is 14.9. The molecule has 0 radical (unpaired) electrons. The van der Waals surface area contributed by atoms with Crippen molar-refractivity contribution in [3.63, 3.8) is 0 Å². The predicted molar refractivity (Wildman–Crippen MR) is 258 cm³/mol. The SMILES string of the molecule is COCCOCCOCCn1c(/C=N/N(c2ccccc2)c2ccccc2)ccc1C1=C(O)/C(=C2/C=CC(/C=N/N(c3ccccc3)c3ccccc3)=[N+]2CCOCCOCCOC)C1=O. The van der Waals surface area contributed by atoms with Gasteiger partial charge in [0.2, 0.25) is 17.2 Å². The second-order valence-electron chi connectivity index (χ2n) is 14.9. The van der Waals surface area contributed by atoms with E-state index in [2.05, 4.69) is 0 Å². The number of Topliss-reactive ketones (excluding diaryl/α,β-unsaturated/α-hetero) is 1. The first-order chi connectivity index (χ1) is 32.6. The van der Waals surface area contributed by atoms with Crippen LogP contribution in [0.3, 0.4) is 0 Å². The molecule has 2 aliphatic rings. The van der Waals surface area contributed by atoms with Crippen LogP contribution in [-0.4, -0.2) is 125 Å². The van der Waals surface area contributed by atoms with Crippen molar-refractivity contribution in [1.82, 2.24) is 4.57 Å². The molecule has 0 bridgehead atoms. The molecule has 1 N–H and O–H groups in total. The summed E-state index contributed by atoms with van der Waals surface area (Å²) in [6.45, 7) is 4.95. The number of carbonyl (C=O) groups excluding carboxylic acids is 1. The fraction of sp³-hybridized carbons (Fsp3) is 0.269. The number of allylic oxidation sites excluding steroid dienone is 4. The summed E-state index contributed by atoms with van der Waals surface area (Å²) >= 11 is 0. The number of benzene rings is 4. The second-order valence-corrected chi connectivity index (χ2v) is 14.9. The van der Waals surface area contributed by atoms with E-state index >= 15 is 0 Å². The molecule has 14 nitrogen and oxygen atoms in total. The number of para-hydroxylation sites is 4. The summed E-state index contributed by atoms with van der Waals surface area (Å²) < 4.78 is 37.2. The van der Waals surface area contributed by atoms with Gasteiger partial charge in [-0.3, -0.25) is 4.79 Å². The van der Waals surface area contributed by atoms with E-state index < -0.39 is 0 Å². The Morgan fingerprint density at radius 3 is 1.48 bits per heavy atom. The number of carbonyl (C=O) groups is 1. The molecule has 5 aromatic rings. The maximum atomic E-state index is 14.5. The van der Waals surface area contributed by atoms with Crippen molar-refractivity contribution < 1.29 is 42.9 Å². The Labute approximate surface area is 386 Å². The Morgan fingerprint density at radius 2 is 1.00 bits per heavy atom. The summed E-state index contributed by atoms with van der Waals surface area (Å²) in [6.07, 6.45) is 7.25. The molecule has 0 atom stereocenters. The number of anilines is 4. The van der Waals surface area contributed by atoms with Gasteiger partial charge in [0.15, 0.2) is 6.54 Å². The number of methoxy groups -OCH3 is 2. The molecule has 0 spiro atoms. The van der Waals surface area contributed by atoms with Gasteiger partial charge >= 0.3 is 0 Å². The highest BCUT2D eigenvalue weighted by Crippen LogP contribution is 2.40. The van der Waals surface area contributed by atoms with Crippen LogP contribution >= 0.6 is 0 Å². The van der Waals surface area contributed by atoms with Crippen LogP contribution in [0.5, 0.6) is 0 Å². The molecule has 1 aromatic heterocycles. The fourth-order valence-corrected chi connectivity index (χ4v) is 7.32. The molecule has 342 valence electrons. The topological polar surface area (TPSA) is 132 Å². The molecule has 4 aromatic carbocycles. The molecule has 2 heterocycles. The summed E-state index contributed by atoms with van der Waals surface area (Å²) in [5.74, 6) is -0.389. The predicted octanol–water partition coefficient (Wildman–Crippen LogP) is 7.97.